The highest BCUT2D eigenvalue weighted by Crippen LogP contribution is 2.35. The largest absolute Gasteiger partial charge is 0.369 e. The van der Waals surface area contributed by atoms with Gasteiger partial charge in [0.15, 0.2) is 5.82 Å². The van der Waals surface area contributed by atoms with E-state index in [1.807, 2.05) is 0 Å². The molecule has 1 aromatic rings. The third-order valence-electron chi connectivity index (χ3n) is 3.91. The van der Waals surface area contributed by atoms with Gasteiger partial charge in [-0.2, -0.15) is 0 Å². The molecular formula is C16H26IN3O. The standard InChI is InChI=1S/C16H26IN3O/c1-5-9-18-14-12(17)13(11(2)3)19-15(20-14)16(4)8-6-7-10-21-16/h11H,5-10H2,1-4H3,(H,18,19,20). The normalized spacial score (nSPS) is 22.6. The zero-order valence-electron chi connectivity index (χ0n) is 13.5. The zero-order valence-corrected chi connectivity index (χ0v) is 15.7. The lowest BCUT2D eigenvalue weighted by Crippen LogP contribution is -2.33. The summed E-state index contributed by atoms with van der Waals surface area (Å²) in [5.74, 6) is 2.18. The summed E-state index contributed by atoms with van der Waals surface area (Å²) in [6.07, 6.45) is 4.40. The summed E-state index contributed by atoms with van der Waals surface area (Å²) in [5, 5.41) is 3.44. The lowest BCUT2D eigenvalue weighted by atomic mass is 9.94. The maximum Gasteiger partial charge on any atom is 0.162 e. The molecule has 1 aliphatic heterocycles. The predicted octanol–water partition coefficient (Wildman–Crippen LogP) is 4.44. The topological polar surface area (TPSA) is 47.0 Å². The van der Waals surface area contributed by atoms with E-state index in [0.717, 1.165) is 53.3 Å². The number of hydrogen-bond donors (Lipinski definition) is 1. The van der Waals surface area contributed by atoms with Crippen molar-refractivity contribution < 1.29 is 4.74 Å². The van der Waals surface area contributed by atoms with Crippen LogP contribution in [0.5, 0.6) is 0 Å². The highest BCUT2D eigenvalue weighted by Gasteiger charge is 2.34. The van der Waals surface area contributed by atoms with E-state index in [2.05, 4.69) is 55.6 Å². The molecule has 4 nitrogen and oxygen atoms in total. The second-order valence-electron chi connectivity index (χ2n) is 6.21. The molecule has 1 fully saturated rings. The molecule has 1 saturated heterocycles. The second kappa shape index (κ2) is 7.22. The summed E-state index contributed by atoms with van der Waals surface area (Å²) in [4.78, 5) is 9.65. The number of hydrogen-bond acceptors (Lipinski definition) is 4. The van der Waals surface area contributed by atoms with E-state index >= 15 is 0 Å². The predicted molar refractivity (Wildman–Crippen MR) is 94.8 cm³/mol. The molecule has 2 rings (SSSR count). The Morgan fingerprint density at radius 2 is 2.10 bits per heavy atom. The van der Waals surface area contributed by atoms with E-state index in [0.29, 0.717) is 5.92 Å². The summed E-state index contributed by atoms with van der Waals surface area (Å²) in [6, 6.07) is 0. The van der Waals surface area contributed by atoms with E-state index < -0.39 is 0 Å². The first-order valence-electron chi connectivity index (χ1n) is 7.93. The highest BCUT2D eigenvalue weighted by molar-refractivity contribution is 14.1. The van der Waals surface area contributed by atoms with Crippen molar-refractivity contribution in [3.8, 4) is 0 Å². The van der Waals surface area contributed by atoms with Crippen molar-refractivity contribution in [2.45, 2.75) is 64.9 Å². The molecule has 0 saturated carbocycles. The minimum Gasteiger partial charge on any atom is -0.369 e. The fraction of sp³-hybridized carbons (Fsp3) is 0.750. The van der Waals surface area contributed by atoms with E-state index in [4.69, 9.17) is 14.7 Å². The molecule has 0 amide bonds. The van der Waals surface area contributed by atoms with Crippen molar-refractivity contribution >= 4 is 28.4 Å². The van der Waals surface area contributed by atoms with Crippen molar-refractivity contribution in [3.05, 3.63) is 15.1 Å². The van der Waals surface area contributed by atoms with Gasteiger partial charge >= 0.3 is 0 Å². The van der Waals surface area contributed by atoms with Crippen LogP contribution in [0.3, 0.4) is 0 Å². The molecule has 2 heterocycles. The van der Waals surface area contributed by atoms with Crippen LogP contribution in [0, 0.1) is 3.57 Å². The van der Waals surface area contributed by atoms with Crippen molar-refractivity contribution in [3.63, 3.8) is 0 Å². The second-order valence-corrected chi connectivity index (χ2v) is 7.29. The Balaban J connectivity index is 2.42. The van der Waals surface area contributed by atoms with Crippen LogP contribution in [0.15, 0.2) is 0 Å². The summed E-state index contributed by atoms with van der Waals surface area (Å²) < 4.78 is 7.17. The van der Waals surface area contributed by atoms with E-state index in [1.165, 1.54) is 6.42 Å². The maximum absolute atomic E-state index is 6.03. The molecule has 5 heteroatoms. The van der Waals surface area contributed by atoms with E-state index in [1.54, 1.807) is 0 Å². The third-order valence-corrected chi connectivity index (χ3v) is 4.97. The smallest absolute Gasteiger partial charge is 0.162 e. The van der Waals surface area contributed by atoms with Crippen LogP contribution < -0.4 is 5.32 Å². The van der Waals surface area contributed by atoms with Gasteiger partial charge in [-0.25, -0.2) is 9.97 Å². The highest BCUT2D eigenvalue weighted by atomic mass is 127. The minimum atomic E-state index is -0.338. The Morgan fingerprint density at radius 3 is 2.67 bits per heavy atom. The molecule has 0 spiro atoms. The van der Waals surface area contributed by atoms with Gasteiger partial charge in [0.1, 0.15) is 11.4 Å². The van der Waals surface area contributed by atoms with Gasteiger partial charge in [-0.1, -0.05) is 20.8 Å². The first-order chi connectivity index (χ1) is 9.98. The molecular weight excluding hydrogens is 377 g/mol. The number of halogens is 1. The van der Waals surface area contributed by atoms with Crippen molar-refractivity contribution in [2.75, 3.05) is 18.5 Å². The summed E-state index contributed by atoms with van der Waals surface area (Å²) >= 11 is 2.36. The van der Waals surface area contributed by atoms with Gasteiger partial charge < -0.3 is 10.1 Å². The molecule has 1 N–H and O–H groups in total. The Kier molecular flexibility index (Phi) is 5.82. The fourth-order valence-corrected chi connectivity index (χ4v) is 3.61. The fourth-order valence-electron chi connectivity index (χ4n) is 2.55. The average Bonchev–Trinajstić information content (AvgIpc) is 2.46. The summed E-state index contributed by atoms with van der Waals surface area (Å²) in [6.45, 7) is 10.4. The van der Waals surface area contributed by atoms with Crippen molar-refractivity contribution in [1.82, 2.24) is 9.97 Å². The van der Waals surface area contributed by atoms with Gasteiger partial charge in [-0.3, -0.25) is 0 Å². The van der Waals surface area contributed by atoms with Crippen LogP contribution in [-0.2, 0) is 10.3 Å². The SMILES string of the molecule is CCCNc1nc(C2(C)CCCCO2)nc(C(C)C)c1I. The summed E-state index contributed by atoms with van der Waals surface area (Å²) in [5.41, 5.74) is 0.782. The lowest BCUT2D eigenvalue weighted by Gasteiger charge is -2.33. The van der Waals surface area contributed by atoms with Crippen LogP contribution >= 0.6 is 22.6 Å². The molecule has 0 aliphatic carbocycles. The monoisotopic (exact) mass is 403 g/mol. The number of ether oxygens (including phenoxy) is 1. The van der Waals surface area contributed by atoms with Gasteiger partial charge in [0.2, 0.25) is 0 Å². The van der Waals surface area contributed by atoms with Crippen LogP contribution in [0.2, 0.25) is 0 Å². The van der Waals surface area contributed by atoms with Crippen molar-refractivity contribution in [1.29, 1.82) is 0 Å². The Labute approximate surface area is 141 Å². The third kappa shape index (κ3) is 3.86. The number of nitrogens with one attached hydrogen (secondary N) is 1. The zero-order chi connectivity index (χ0) is 15.5. The summed E-state index contributed by atoms with van der Waals surface area (Å²) in [7, 11) is 0. The molecule has 21 heavy (non-hydrogen) atoms. The van der Waals surface area contributed by atoms with E-state index in [9.17, 15) is 0 Å². The average molecular weight is 403 g/mol. The minimum absolute atomic E-state index is 0.338. The number of aromatic nitrogens is 2. The van der Waals surface area contributed by atoms with Gasteiger partial charge in [0.05, 0.1) is 9.26 Å². The quantitative estimate of drug-likeness (QED) is 0.739. The van der Waals surface area contributed by atoms with Crippen molar-refractivity contribution in [2.24, 2.45) is 0 Å². The lowest BCUT2D eigenvalue weighted by molar-refractivity contribution is -0.0761. The molecule has 1 aliphatic rings. The van der Waals surface area contributed by atoms with Crippen LogP contribution in [0.25, 0.3) is 0 Å². The molecule has 0 aromatic carbocycles. The molecule has 1 unspecified atom stereocenters. The first-order valence-corrected chi connectivity index (χ1v) is 9.01. The maximum atomic E-state index is 6.03. The number of rotatable bonds is 5. The number of anilines is 1. The van der Waals surface area contributed by atoms with Gasteiger partial charge in [0.25, 0.3) is 0 Å². The van der Waals surface area contributed by atoms with Crippen LogP contribution in [-0.4, -0.2) is 23.1 Å². The van der Waals surface area contributed by atoms with Gasteiger partial charge in [-0.05, 0) is 61.1 Å². The number of nitrogens with zero attached hydrogens (tertiary/aromatic N) is 2. The van der Waals surface area contributed by atoms with Crippen LogP contribution in [0.1, 0.15) is 70.8 Å². The van der Waals surface area contributed by atoms with Crippen LogP contribution in [0.4, 0.5) is 5.82 Å². The van der Waals surface area contributed by atoms with Gasteiger partial charge in [0, 0.05) is 13.2 Å². The Hall–Kier alpha value is -0.430. The molecule has 0 bridgehead atoms. The first kappa shape index (κ1) is 16.9. The molecule has 0 radical (unpaired) electrons. The Bertz CT molecular complexity index is 485. The van der Waals surface area contributed by atoms with E-state index in [-0.39, 0.29) is 5.60 Å². The molecule has 118 valence electrons. The Morgan fingerprint density at radius 1 is 1.33 bits per heavy atom. The van der Waals surface area contributed by atoms with Gasteiger partial charge in [-0.15, -0.1) is 0 Å². The molecule has 1 atom stereocenters. The molecule has 1 aromatic heterocycles.